The highest BCUT2D eigenvalue weighted by molar-refractivity contribution is 5.71. The Morgan fingerprint density at radius 1 is 1.42 bits per heavy atom. The van der Waals surface area contributed by atoms with E-state index in [-0.39, 0.29) is 11.5 Å². The molecule has 104 valence electrons. The first-order chi connectivity index (χ1) is 8.91. The highest BCUT2D eigenvalue weighted by Gasteiger charge is 2.27. The van der Waals surface area contributed by atoms with E-state index in [9.17, 15) is 9.59 Å². The Labute approximate surface area is 111 Å². The molecule has 1 N–H and O–H groups in total. The summed E-state index contributed by atoms with van der Waals surface area (Å²) in [7, 11) is 1.68. The average molecular weight is 265 g/mol. The second kappa shape index (κ2) is 5.03. The molecule has 1 fully saturated rings. The van der Waals surface area contributed by atoms with E-state index in [2.05, 4.69) is 4.98 Å². The van der Waals surface area contributed by atoms with Gasteiger partial charge in [-0.05, 0) is 26.7 Å². The maximum absolute atomic E-state index is 12.0. The minimum atomic E-state index is -0.779. The number of nitrogens with zero attached hydrogens (tertiary/aromatic N) is 3. The predicted molar refractivity (Wildman–Crippen MR) is 71.5 cm³/mol. The molecule has 0 amide bonds. The quantitative estimate of drug-likeness (QED) is 0.852. The van der Waals surface area contributed by atoms with E-state index >= 15 is 0 Å². The van der Waals surface area contributed by atoms with Gasteiger partial charge in [0.25, 0.3) is 5.56 Å². The maximum Gasteiger partial charge on any atom is 0.308 e. The first-order valence-corrected chi connectivity index (χ1v) is 6.43. The van der Waals surface area contributed by atoms with Gasteiger partial charge >= 0.3 is 5.97 Å². The molecule has 0 spiro atoms. The summed E-state index contributed by atoms with van der Waals surface area (Å²) in [6.45, 7) is 4.72. The first kappa shape index (κ1) is 13.6. The largest absolute Gasteiger partial charge is 0.481 e. The number of piperidine rings is 1. The van der Waals surface area contributed by atoms with E-state index in [0.717, 1.165) is 13.0 Å². The minimum absolute atomic E-state index is 0.0695. The molecule has 0 aromatic carbocycles. The zero-order chi connectivity index (χ0) is 14.2. The number of rotatable bonds is 2. The van der Waals surface area contributed by atoms with Crippen molar-refractivity contribution in [3.63, 3.8) is 0 Å². The van der Waals surface area contributed by atoms with Gasteiger partial charge in [0.1, 0.15) is 0 Å². The second-order valence-corrected chi connectivity index (χ2v) is 5.11. The van der Waals surface area contributed by atoms with E-state index in [0.29, 0.717) is 30.2 Å². The standard InChI is InChI=1S/C13H19N3O3/c1-8-9(2)14-13(15(3)11(8)17)16-6-4-5-10(7-16)12(18)19/h10H,4-7H2,1-3H3,(H,18,19). The fraction of sp³-hybridized carbons (Fsp3) is 0.615. The van der Waals surface area contributed by atoms with Gasteiger partial charge < -0.3 is 10.0 Å². The molecule has 0 bridgehead atoms. The summed E-state index contributed by atoms with van der Waals surface area (Å²) in [5, 5.41) is 9.11. The number of carboxylic acids is 1. The predicted octanol–water partition coefficient (Wildman–Crippen LogP) is 0.698. The van der Waals surface area contributed by atoms with Gasteiger partial charge in [0.15, 0.2) is 0 Å². The number of anilines is 1. The summed E-state index contributed by atoms with van der Waals surface area (Å²) in [5.74, 6) is -0.593. The molecule has 1 aliphatic rings. The monoisotopic (exact) mass is 265 g/mol. The van der Waals surface area contributed by atoms with E-state index in [4.69, 9.17) is 5.11 Å². The molecular weight excluding hydrogens is 246 g/mol. The van der Waals surface area contributed by atoms with Crippen molar-refractivity contribution in [2.45, 2.75) is 26.7 Å². The lowest BCUT2D eigenvalue weighted by Gasteiger charge is -2.32. The Morgan fingerprint density at radius 3 is 2.74 bits per heavy atom. The molecule has 2 rings (SSSR count). The van der Waals surface area contributed by atoms with Crippen molar-refractivity contribution in [1.82, 2.24) is 9.55 Å². The van der Waals surface area contributed by atoms with Crippen LogP contribution in [0.5, 0.6) is 0 Å². The number of carboxylic acid groups (broad SMARTS) is 1. The number of aromatic nitrogens is 2. The van der Waals surface area contributed by atoms with Gasteiger partial charge in [-0.3, -0.25) is 14.2 Å². The third-order valence-corrected chi connectivity index (χ3v) is 3.79. The summed E-state index contributed by atoms with van der Waals surface area (Å²) in [6, 6.07) is 0. The molecule has 6 heteroatoms. The lowest BCUT2D eigenvalue weighted by atomic mass is 9.99. The van der Waals surface area contributed by atoms with Crippen molar-refractivity contribution >= 4 is 11.9 Å². The zero-order valence-electron chi connectivity index (χ0n) is 11.5. The summed E-state index contributed by atoms with van der Waals surface area (Å²) in [6.07, 6.45) is 1.49. The molecule has 1 aromatic rings. The number of hydrogen-bond acceptors (Lipinski definition) is 4. The van der Waals surface area contributed by atoms with Crippen molar-refractivity contribution in [2.75, 3.05) is 18.0 Å². The number of aryl methyl sites for hydroxylation is 1. The SMILES string of the molecule is Cc1nc(N2CCCC(C(=O)O)C2)n(C)c(=O)c1C. The molecule has 1 aromatic heterocycles. The van der Waals surface area contributed by atoms with Crippen LogP contribution in [0.2, 0.25) is 0 Å². The van der Waals surface area contributed by atoms with Crippen LogP contribution in [0.1, 0.15) is 24.1 Å². The van der Waals surface area contributed by atoms with Crippen LogP contribution in [0.4, 0.5) is 5.95 Å². The minimum Gasteiger partial charge on any atom is -0.481 e. The molecule has 1 atom stereocenters. The molecule has 1 aliphatic heterocycles. The summed E-state index contributed by atoms with van der Waals surface area (Å²) in [4.78, 5) is 29.5. The van der Waals surface area contributed by atoms with Crippen LogP contribution in [-0.4, -0.2) is 33.7 Å². The molecule has 1 saturated heterocycles. The lowest BCUT2D eigenvalue weighted by Crippen LogP contribution is -2.42. The van der Waals surface area contributed by atoms with E-state index in [1.54, 1.807) is 20.9 Å². The van der Waals surface area contributed by atoms with E-state index in [1.807, 2.05) is 4.90 Å². The maximum atomic E-state index is 12.0. The Hall–Kier alpha value is -1.85. The van der Waals surface area contributed by atoms with Crippen LogP contribution in [0.25, 0.3) is 0 Å². The molecule has 1 unspecified atom stereocenters. The normalized spacial score (nSPS) is 19.5. The highest BCUT2D eigenvalue weighted by Crippen LogP contribution is 2.21. The molecule has 0 aliphatic carbocycles. The van der Waals surface area contributed by atoms with Gasteiger partial charge in [-0.1, -0.05) is 0 Å². The number of carbonyl (C=O) groups is 1. The third kappa shape index (κ3) is 2.47. The van der Waals surface area contributed by atoms with E-state index < -0.39 is 5.97 Å². The molecule has 6 nitrogen and oxygen atoms in total. The Kier molecular flexibility index (Phi) is 3.59. The van der Waals surface area contributed by atoms with Crippen LogP contribution < -0.4 is 10.5 Å². The Morgan fingerprint density at radius 2 is 2.11 bits per heavy atom. The lowest BCUT2D eigenvalue weighted by molar-refractivity contribution is -0.141. The summed E-state index contributed by atoms with van der Waals surface area (Å²) in [5.41, 5.74) is 1.27. The van der Waals surface area contributed by atoms with E-state index in [1.165, 1.54) is 4.57 Å². The Balaban J connectivity index is 2.37. The molecular formula is C13H19N3O3. The molecule has 0 saturated carbocycles. The van der Waals surface area contributed by atoms with Crippen LogP contribution >= 0.6 is 0 Å². The number of aliphatic carboxylic acids is 1. The first-order valence-electron chi connectivity index (χ1n) is 6.43. The van der Waals surface area contributed by atoms with Gasteiger partial charge in [0, 0.05) is 31.4 Å². The van der Waals surface area contributed by atoms with Gasteiger partial charge in [-0.15, -0.1) is 0 Å². The van der Waals surface area contributed by atoms with Gasteiger partial charge in [-0.25, -0.2) is 4.98 Å². The third-order valence-electron chi connectivity index (χ3n) is 3.79. The van der Waals surface area contributed by atoms with Crippen molar-refractivity contribution < 1.29 is 9.90 Å². The van der Waals surface area contributed by atoms with Gasteiger partial charge in [0.05, 0.1) is 5.92 Å². The molecule has 0 radical (unpaired) electrons. The number of hydrogen-bond donors (Lipinski definition) is 1. The fourth-order valence-corrected chi connectivity index (χ4v) is 2.45. The Bertz CT molecular complexity index is 565. The van der Waals surface area contributed by atoms with Crippen LogP contribution in [-0.2, 0) is 11.8 Å². The van der Waals surface area contributed by atoms with Crippen molar-refractivity contribution in [3.05, 3.63) is 21.6 Å². The zero-order valence-corrected chi connectivity index (χ0v) is 11.5. The van der Waals surface area contributed by atoms with Crippen LogP contribution in [0.15, 0.2) is 4.79 Å². The van der Waals surface area contributed by atoms with Crippen molar-refractivity contribution in [3.8, 4) is 0 Å². The average Bonchev–Trinajstić information content (AvgIpc) is 2.40. The topological polar surface area (TPSA) is 75.4 Å². The summed E-state index contributed by atoms with van der Waals surface area (Å²) < 4.78 is 1.51. The van der Waals surface area contributed by atoms with Crippen molar-refractivity contribution in [2.24, 2.45) is 13.0 Å². The molecule has 2 heterocycles. The van der Waals surface area contributed by atoms with Gasteiger partial charge in [0.2, 0.25) is 5.95 Å². The van der Waals surface area contributed by atoms with Crippen LogP contribution in [0, 0.1) is 19.8 Å². The van der Waals surface area contributed by atoms with Gasteiger partial charge in [-0.2, -0.15) is 0 Å². The summed E-state index contributed by atoms with van der Waals surface area (Å²) >= 11 is 0. The fourth-order valence-electron chi connectivity index (χ4n) is 2.45. The van der Waals surface area contributed by atoms with Crippen molar-refractivity contribution in [1.29, 1.82) is 0 Å². The highest BCUT2D eigenvalue weighted by atomic mass is 16.4. The second-order valence-electron chi connectivity index (χ2n) is 5.11. The molecule has 19 heavy (non-hydrogen) atoms. The van der Waals surface area contributed by atoms with Crippen LogP contribution in [0.3, 0.4) is 0 Å². The smallest absolute Gasteiger partial charge is 0.308 e.